The second-order valence-corrected chi connectivity index (χ2v) is 6.05. The lowest BCUT2D eigenvalue weighted by Crippen LogP contribution is -2.28. The van der Waals surface area contributed by atoms with Crippen molar-refractivity contribution in [3.63, 3.8) is 0 Å². The Labute approximate surface area is 91.2 Å². The summed E-state index contributed by atoms with van der Waals surface area (Å²) in [6.07, 6.45) is 1.95. The molecule has 0 spiro atoms. The van der Waals surface area contributed by atoms with Gasteiger partial charge in [0.1, 0.15) is 0 Å². The first-order valence-corrected chi connectivity index (χ1v) is 6.05. The lowest BCUT2D eigenvalue weighted by Gasteiger charge is -2.16. The smallest absolute Gasteiger partial charge is 0.230 e. The van der Waals surface area contributed by atoms with Crippen LogP contribution in [0.25, 0.3) is 0 Å². The Kier molecular flexibility index (Phi) is 7.01. The van der Waals surface area contributed by atoms with Gasteiger partial charge in [-0.2, -0.15) is 0 Å². The first-order valence-electron chi connectivity index (χ1n) is 5.06. The van der Waals surface area contributed by atoms with Gasteiger partial charge in [-0.05, 0) is 19.4 Å². The molecule has 0 aromatic rings. The van der Waals surface area contributed by atoms with Crippen LogP contribution < -0.4 is 11.1 Å². The highest BCUT2D eigenvalue weighted by Gasteiger charge is 2.12. The van der Waals surface area contributed by atoms with Gasteiger partial charge in [-0.3, -0.25) is 4.79 Å². The number of rotatable bonds is 6. The topological polar surface area (TPSA) is 55.1 Å². The number of amides is 1. The molecule has 1 amide bonds. The quantitative estimate of drug-likeness (QED) is 0.662. The Morgan fingerprint density at radius 3 is 2.50 bits per heavy atom. The number of carbonyl (C=O) groups is 1. The van der Waals surface area contributed by atoms with E-state index in [1.165, 1.54) is 0 Å². The molecule has 84 valence electrons. The van der Waals surface area contributed by atoms with Crippen molar-refractivity contribution in [2.75, 3.05) is 18.8 Å². The first-order chi connectivity index (χ1) is 6.45. The van der Waals surface area contributed by atoms with Crippen LogP contribution in [-0.4, -0.2) is 29.5 Å². The van der Waals surface area contributed by atoms with E-state index in [0.717, 1.165) is 19.4 Å². The fraction of sp³-hybridized carbons (Fsp3) is 0.900. The van der Waals surface area contributed by atoms with Crippen molar-refractivity contribution in [3.8, 4) is 0 Å². The number of nitrogens with two attached hydrogens (primary N) is 1. The molecule has 0 aliphatic rings. The lowest BCUT2D eigenvalue weighted by atomic mass is 10.3. The lowest BCUT2D eigenvalue weighted by molar-refractivity contribution is -0.118. The molecule has 0 saturated carbocycles. The molecule has 0 fully saturated rings. The summed E-state index contributed by atoms with van der Waals surface area (Å²) in [5.41, 5.74) is 5.34. The minimum Gasteiger partial charge on any atom is -0.355 e. The second-order valence-electron chi connectivity index (χ2n) is 4.25. The van der Waals surface area contributed by atoms with Gasteiger partial charge in [0.2, 0.25) is 5.91 Å². The van der Waals surface area contributed by atoms with Gasteiger partial charge in [-0.25, -0.2) is 0 Å². The molecule has 0 atom stereocenters. The van der Waals surface area contributed by atoms with E-state index in [1.807, 2.05) is 0 Å². The molecule has 0 aromatic carbocycles. The van der Waals surface area contributed by atoms with Gasteiger partial charge in [0.25, 0.3) is 0 Å². The van der Waals surface area contributed by atoms with Crippen LogP contribution in [0.5, 0.6) is 0 Å². The molecule has 0 unspecified atom stereocenters. The molecule has 14 heavy (non-hydrogen) atoms. The molecule has 0 saturated heterocycles. The summed E-state index contributed by atoms with van der Waals surface area (Å²) < 4.78 is 0.161. The third-order valence-corrected chi connectivity index (χ3v) is 2.86. The van der Waals surface area contributed by atoms with Crippen molar-refractivity contribution in [2.24, 2.45) is 5.73 Å². The Bertz CT molecular complexity index is 166. The van der Waals surface area contributed by atoms with Crippen molar-refractivity contribution in [3.05, 3.63) is 0 Å². The van der Waals surface area contributed by atoms with E-state index in [4.69, 9.17) is 5.73 Å². The molecule has 0 radical (unpaired) electrons. The third kappa shape index (κ3) is 9.86. The summed E-state index contributed by atoms with van der Waals surface area (Å²) in [5.74, 6) is 0.675. The van der Waals surface area contributed by atoms with Crippen molar-refractivity contribution in [1.29, 1.82) is 0 Å². The Hall–Kier alpha value is -0.220. The van der Waals surface area contributed by atoms with Crippen molar-refractivity contribution in [2.45, 2.75) is 38.4 Å². The van der Waals surface area contributed by atoms with E-state index < -0.39 is 0 Å². The summed E-state index contributed by atoms with van der Waals surface area (Å²) in [7, 11) is 0. The van der Waals surface area contributed by atoms with Gasteiger partial charge in [-0.15, -0.1) is 11.8 Å². The van der Waals surface area contributed by atoms with Crippen molar-refractivity contribution < 1.29 is 4.79 Å². The summed E-state index contributed by atoms with van der Waals surface area (Å²) in [6.45, 7) is 7.78. The standard InChI is InChI=1S/C10H22N2OS/c1-10(2,3)14-8-9(13)12-7-5-4-6-11/h4-8,11H2,1-3H3,(H,12,13). The minimum absolute atomic E-state index is 0.127. The molecule has 0 aromatic heterocycles. The van der Waals surface area contributed by atoms with E-state index >= 15 is 0 Å². The van der Waals surface area contributed by atoms with E-state index in [2.05, 4.69) is 26.1 Å². The van der Waals surface area contributed by atoms with Gasteiger partial charge >= 0.3 is 0 Å². The molecule has 0 rings (SSSR count). The largest absolute Gasteiger partial charge is 0.355 e. The first kappa shape index (κ1) is 13.8. The van der Waals surface area contributed by atoms with Gasteiger partial charge in [-0.1, -0.05) is 20.8 Å². The number of hydrogen-bond donors (Lipinski definition) is 2. The highest BCUT2D eigenvalue weighted by molar-refractivity contribution is 8.01. The number of nitrogens with one attached hydrogen (secondary N) is 1. The van der Waals surface area contributed by atoms with Crippen LogP contribution >= 0.6 is 11.8 Å². The summed E-state index contributed by atoms with van der Waals surface area (Å²) >= 11 is 1.67. The normalized spacial score (nSPS) is 11.4. The van der Waals surface area contributed by atoms with E-state index in [0.29, 0.717) is 12.3 Å². The average molecular weight is 218 g/mol. The van der Waals surface area contributed by atoms with Crippen LogP contribution in [0.4, 0.5) is 0 Å². The third-order valence-electron chi connectivity index (χ3n) is 1.59. The Balaban J connectivity index is 3.38. The molecule has 3 N–H and O–H groups in total. The molecule has 0 bridgehead atoms. The van der Waals surface area contributed by atoms with Gasteiger partial charge in [0.05, 0.1) is 5.75 Å². The zero-order chi connectivity index (χ0) is 11.0. The maximum absolute atomic E-state index is 11.3. The van der Waals surface area contributed by atoms with E-state index in [9.17, 15) is 4.79 Å². The fourth-order valence-electron chi connectivity index (χ4n) is 0.830. The molecular formula is C10H22N2OS. The predicted molar refractivity (Wildman–Crippen MR) is 63.5 cm³/mol. The number of thioether (sulfide) groups is 1. The number of unbranched alkanes of at least 4 members (excludes halogenated alkanes) is 1. The summed E-state index contributed by atoms with van der Waals surface area (Å²) in [4.78, 5) is 11.3. The monoisotopic (exact) mass is 218 g/mol. The van der Waals surface area contributed by atoms with E-state index in [-0.39, 0.29) is 10.7 Å². The molecular weight excluding hydrogens is 196 g/mol. The molecule has 0 aliphatic heterocycles. The summed E-state index contributed by atoms with van der Waals surface area (Å²) in [5, 5.41) is 2.87. The van der Waals surface area contributed by atoms with Crippen LogP contribution in [0, 0.1) is 0 Å². The minimum atomic E-state index is 0.127. The van der Waals surface area contributed by atoms with Crippen molar-refractivity contribution >= 4 is 17.7 Å². The molecule has 0 aliphatic carbocycles. The summed E-state index contributed by atoms with van der Waals surface area (Å²) in [6, 6.07) is 0. The average Bonchev–Trinajstić information content (AvgIpc) is 2.08. The van der Waals surface area contributed by atoms with Gasteiger partial charge in [0.15, 0.2) is 0 Å². The zero-order valence-electron chi connectivity index (χ0n) is 9.43. The van der Waals surface area contributed by atoms with Crippen LogP contribution in [0.3, 0.4) is 0 Å². The maximum Gasteiger partial charge on any atom is 0.230 e. The fourth-order valence-corrected chi connectivity index (χ4v) is 1.50. The zero-order valence-corrected chi connectivity index (χ0v) is 10.2. The van der Waals surface area contributed by atoms with E-state index in [1.54, 1.807) is 11.8 Å². The maximum atomic E-state index is 11.3. The van der Waals surface area contributed by atoms with Gasteiger partial charge in [0, 0.05) is 11.3 Å². The van der Waals surface area contributed by atoms with Crippen LogP contribution in [0.15, 0.2) is 0 Å². The number of hydrogen-bond acceptors (Lipinski definition) is 3. The second kappa shape index (κ2) is 7.12. The van der Waals surface area contributed by atoms with Crippen LogP contribution in [0.1, 0.15) is 33.6 Å². The molecule has 4 heteroatoms. The highest BCUT2D eigenvalue weighted by atomic mass is 32.2. The van der Waals surface area contributed by atoms with Crippen LogP contribution in [0.2, 0.25) is 0 Å². The predicted octanol–water partition coefficient (Wildman–Crippen LogP) is 1.37. The number of carbonyl (C=O) groups excluding carboxylic acids is 1. The Morgan fingerprint density at radius 2 is 2.00 bits per heavy atom. The molecule has 0 heterocycles. The SMILES string of the molecule is CC(C)(C)SCC(=O)NCCCCN. The Morgan fingerprint density at radius 1 is 1.36 bits per heavy atom. The van der Waals surface area contributed by atoms with Crippen molar-refractivity contribution in [1.82, 2.24) is 5.32 Å². The van der Waals surface area contributed by atoms with Crippen LogP contribution in [-0.2, 0) is 4.79 Å². The molecule has 3 nitrogen and oxygen atoms in total. The highest BCUT2D eigenvalue weighted by Crippen LogP contribution is 2.22. The van der Waals surface area contributed by atoms with Gasteiger partial charge < -0.3 is 11.1 Å².